The number of thiazole rings is 1. The molecule has 4 heterocycles. The highest BCUT2D eigenvalue weighted by molar-refractivity contribution is 7.17. The number of aryl methyl sites for hydroxylation is 1. The van der Waals surface area contributed by atoms with Crippen molar-refractivity contribution < 1.29 is 5.11 Å². The van der Waals surface area contributed by atoms with E-state index in [2.05, 4.69) is 20.3 Å². The van der Waals surface area contributed by atoms with Crippen molar-refractivity contribution in [1.82, 2.24) is 29.4 Å². The Kier molecular flexibility index (Phi) is 3.34. The van der Waals surface area contributed by atoms with Crippen LogP contribution in [-0.2, 0) is 0 Å². The van der Waals surface area contributed by atoms with Gasteiger partial charge in [0.05, 0.1) is 30.0 Å². The van der Waals surface area contributed by atoms with Crippen LogP contribution in [0.4, 0.5) is 0 Å². The molecule has 0 saturated carbocycles. The van der Waals surface area contributed by atoms with Gasteiger partial charge in [-0.3, -0.25) is 9.38 Å². The van der Waals surface area contributed by atoms with Crippen LogP contribution in [0, 0.1) is 6.92 Å². The lowest BCUT2D eigenvalue weighted by molar-refractivity contribution is 0.208. The number of aliphatic hydroxyl groups excluding tert-OH is 1. The van der Waals surface area contributed by atoms with Crippen LogP contribution >= 0.6 is 11.3 Å². The predicted octanol–water partition coefficient (Wildman–Crippen LogP) is 2.91. The Hall–Kier alpha value is -3.10. The lowest BCUT2D eigenvalue weighted by Gasteiger charge is -2.08. The van der Waals surface area contributed by atoms with Gasteiger partial charge in [0, 0.05) is 21.8 Å². The third-order valence-corrected chi connectivity index (χ3v) is 5.45. The molecule has 8 heteroatoms. The second-order valence-corrected chi connectivity index (χ2v) is 7.25. The maximum Gasteiger partial charge on any atom is 0.141 e. The van der Waals surface area contributed by atoms with Gasteiger partial charge in [-0.2, -0.15) is 0 Å². The van der Waals surface area contributed by atoms with E-state index in [0.717, 1.165) is 31.9 Å². The quantitative estimate of drug-likeness (QED) is 0.534. The van der Waals surface area contributed by atoms with Gasteiger partial charge in [0.1, 0.15) is 23.0 Å². The number of aromatic nitrogens is 6. The van der Waals surface area contributed by atoms with Crippen molar-refractivity contribution in [3.05, 3.63) is 71.6 Å². The SMILES string of the molecule is Cc1sc2cncn2c1C(O)c1cn(-c2cncc3ccccc23)nn1. The molecule has 0 aliphatic rings. The highest BCUT2D eigenvalue weighted by Crippen LogP contribution is 2.30. The molecule has 1 unspecified atom stereocenters. The van der Waals surface area contributed by atoms with Gasteiger partial charge >= 0.3 is 0 Å². The van der Waals surface area contributed by atoms with Crippen molar-refractivity contribution in [3.63, 3.8) is 0 Å². The van der Waals surface area contributed by atoms with Crippen LogP contribution in [0.3, 0.4) is 0 Å². The number of pyridine rings is 1. The number of hydrogen-bond acceptors (Lipinski definition) is 6. The fourth-order valence-corrected chi connectivity index (χ4v) is 4.17. The molecule has 5 aromatic rings. The third kappa shape index (κ3) is 2.23. The van der Waals surface area contributed by atoms with E-state index in [4.69, 9.17) is 0 Å². The largest absolute Gasteiger partial charge is 0.380 e. The van der Waals surface area contributed by atoms with Crippen molar-refractivity contribution in [2.45, 2.75) is 13.0 Å². The highest BCUT2D eigenvalue weighted by Gasteiger charge is 2.22. The fraction of sp³-hybridized carbons (Fsp3) is 0.111. The van der Waals surface area contributed by atoms with Crippen molar-refractivity contribution in [1.29, 1.82) is 0 Å². The summed E-state index contributed by atoms with van der Waals surface area (Å²) in [5.74, 6) is 0. The highest BCUT2D eigenvalue weighted by atomic mass is 32.1. The summed E-state index contributed by atoms with van der Waals surface area (Å²) in [7, 11) is 0. The Balaban J connectivity index is 1.60. The van der Waals surface area contributed by atoms with Crippen molar-refractivity contribution in [2.75, 3.05) is 0 Å². The van der Waals surface area contributed by atoms with Gasteiger partial charge in [-0.1, -0.05) is 29.5 Å². The molecule has 1 N–H and O–H groups in total. The molecule has 0 saturated heterocycles. The number of rotatable bonds is 3. The van der Waals surface area contributed by atoms with E-state index in [-0.39, 0.29) is 0 Å². The zero-order valence-corrected chi connectivity index (χ0v) is 14.6. The zero-order valence-electron chi connectivity index (χ0n) is 13.8. The molecule has 5 rings (SSSR count). The first-order valence-corrected chi connectivity index (χ1v) is 8.89. The van der Waals surface area contributed by atoms with Gasteiger partial charge in [-0.15, -0.1) is 16.4 Å². The number of hydrogen-bond donors (Lipinski definition) is 1. The summed E-state index contributed by atoms with van der Waals surface area (Å²) in [6, 6.07) is 7.97. The first-order chi connectivity index (χ1) is 12.7. The molecule has 0 aliphatic heterocycles. The lowest BCUT2D eigenvalue weighted by Crippen LogP contribution is -2.05. The molecule has 7 nitrogen and oxygen atoms in total. The predicted molar refractivity (Wildman–Crippen MR) is 98.5 cm³/mol. The van der Waals surface area contributed by atoms with Crippen molar-refractivity contribution >= 4 is 26.9 Å². The molecule has 0 fully saturated rings. The van der Waals surface area contributed by atoms with Gasteiger partial charge in [-0.25, -0.2) is 9.67 Å². The molecule has 128 valence electrons. The van der Waals surface area contributed by atoms with Crippen LogP contribution in [0.25, 0.3) is 21.3 Å². The Labute approximate surface area is 152 Å². The summed E-state index contributed by atoms with van der Waals surface area (Å²) >= 11 is 1.59. The minimum Gasteiger partial charge on any atom is -0.380 e. The molecule has 0 spiro atoms. The second-order valence-electron chi connectivity index (χ2n) is 6.02. The molecular formula is C18H14N6OS. The molecule has 0 radical (unpaired) electrons. The number of imidazole rings is 1. The minimum atomic E-state index is -0.880. The Bertz CT molecular complexity index is 1230. The summed E-state index contributed by atoms with van der Waals surface area (Å²) in [6.07, 6.45) is 7.92. The molecule has 0 aliphatic carbocycles. The second kappa shape index (κ2) is 5.72. The summed E-state index contributed by atoms with van der Waals surface area (Å²) in [5, 5.41) is 21.3. The van der Waals surface area contributed by atoms with Gasteiger partial charge in [0.15, 0.2) is 0 Å². The first-order valence-electron chi connectivity index (χ1n) is 8.07. The van der Waals surface area contributed by atoms with Crippen molar-refractivity contribution in [2.24, 2.45) is 0 Å². The summed E-state index contributed by atoms with van der Waals surface area (Å²) in [6.45, 7) is 1.98. The maximum absolute atomic E-state index is 10.9. The number of benzene rings is 1. The molecule has 1 atom stereocenters. The smallest absolute Gasteiger partial charge is 0.141 e. The van der Waals surface area contributed by atoms with Crippen LogP contribution in [0.5, 0.6) is 0 Å². The van der Waals surface area contributed by atoms with Gasteiger partial charge < -0.3 is 5.11 Å². The van der Waals surface area contributed by atoms with Crippen LogP contribution < -0.4 is 0 Å². The Morgan fingerprint density at radius 2 is 2.00 bits per heavy atom. The number of fused-ring (bicyclic) bond motifs is 2. The normalized spacial score (nSPS) is 12.8. The zero-order chi connectivity index (χ0) is 17.7. The summed E-state index contributed by atoms with van der Waals surface area (Å²) in [5.41, 5.74) is 2.07. The minimum absolute atomic E-state index is 0.481. The van der Waals surface area contributed by atoms with E-state index in [1.165, 1.54) is 0 Å². The van der Waals surface area contributed by atoms with E-state index < -0.39 is 6.10 Å². The Morgan fingerprint density at radius 1 is 1.12 bits per heavy atom. The van der Waals surface area contributed by atoms with Crippen LogP contribution in [0.15, 0.2) is 55.4 Å². The van der Waals surface area contributed by atoms with Gasteiger partial charge in [0.25, 0.3) is 0 Å². The van der Waals surface area contributed by atoms with Crippen molar-refractivity contribution in [3.8, 4) is 5.69 Å². The first kappa shape index (κ1) is 15.2. The fourth-order valence-electron chi connectivity index (χ4n) is 3.19. The molecule has 26 heavy (non-hydrogen) atoms. The van der Waals surface area contributed by atoms with Gasteiger partial charge in [0.2, 0.25) is 0 Å². The van der Waals surface area contributed by atoms with E-state index in [1.807, 2.05) is 41.8 Å². The maximum atomic E-state index is 10.9. The average Bonchev–Trinajstić information content (AvgIpc) is 3.36. The van der Waals surface area contributed by atoms with E-state index in [1.54, 1.807) is 40.9 Å². The Morgan fingerprint density at radius 3 is 2.92 bits per heavy atom. The summed E-state index contributed by atoms with van der Waals surface area (Å²) in [4.78, 5) is 10.4. The monoisotopic (exact) mass is 362 g/mol. The molecule has 4 aromatic heterocycles. The average molecular weight is 362 g/mol. The topological polar surface area (TPSA) is 81.1 Å². The molecule has 0 amide bonds. The van der Waals surface area contributed by atoms with Crippen LogP contribution in [0.2, 0.25) is 0 Å². The number of nitrogens with zero attached hydrogens (tertiary/aromatic N) is 6. The molecule has 1 aromatic carbocycles. The van der Waals surface area contributed by atoms with E-state index >= 15 is 0 Å². The lowest BCUT2D eigenvalue weighted by atomic mass is 10.1. The third-order valence-electron chi connectivity index (χ3n) is 4.43. The number of aliphatic hydroxyl groups is 1. The van der Waals surface area contributed by atoms with E-state index in [0.29, 0.717) is 5.69 Å². The van der Waals surface area contributed by atoms with Gasteiger partial charge in [-0.05, 0) is 6.92 Å². The standard InChI is InChI=1S/C18H14N6OS/c1-11-17(23-10-20-8-16(23)26-11)18(25)14-9-24(22-21-14)15-7-19-6-12-4-2-3-5-13(12)15/h2-10,18,25H,1H3. The summed E-state index contributed by atoms with van der Waals surface area (Å²) < 4.78 is 3.55. The van der Waals surface area contributed by atoms with Crippen LogP contribution in [0.1, 0.15) is 22.4 Å². The molecule has 0 bridgehead atoms. The molecular weight excluding hydrogens is 348 g/mol. The van der Waals surface area contributed by atoms with Crippen LogP contribution in [-0.4, -0.2) is 34.5 Å². The van der Waals surface area contributed by atoms with E-state index in [9.17, 15) is 5.11 Å².